The van der Waals surface area contributed by atoms with E-state index < -0.39 is 9.84 Å². The Bertz CT molecular complexity index is 531. The molecule has 2 N–H and O–H groups in total. The fourth-order valence-corrected chi connectivity index (χ4v) is 2.00. The molecule has 1 rings (SSSR count). The van der Waals surface area contributed by atoms with Crippen LogP contribution in [0.3, 0.4) is 0 Å². The number of hydrogen-bond acceptors (Lipinski definition) is 4. The standard InChI is InChI=1S/C10H16N2O3S/c1-3-16(14,15)5-4-12-7-9(11)8(2)6-10(12)13/h6-7H,3-5,11H2,1-2H3. The van der Waals surface area contributed by atoms with Crippen molar-refractivity contribution in [2.45, 2.75) is 20.4 Å². The van der Waals surface area contributed by atoms with E-state index in [2.05, 4.69) is 0 Å². The van der Waals surface area contributed by atoms with Crippen LogP contribution in [0.5, 0.6) is 0 Å². The molecule has 1 aromatic rings. The predicted octanol–water partition coefficient (Wildman–Crippen LogP) is 0.174. The lowest BCUT2D eigenvalue weighted by Crippen LogP contribution is -2.24. The van der Waals surface area contributed by atoms with Crippen LogP contribution >= 0.6 is 0 Å². The van der Waals surface area contributed by atoms with Gasteiger partial charge >= 0.3 is 0 Å². The van der Waals surface area contributed by atoms with Gasteiger partial charge in [-0.3, -0.25) is 4.79 Å². The molecule has 1 aromatic heterocycles. The molecular formula is C10H16N2O3S. The highest BCUT2D eigenvalue weighted by molar-refractivity contribution is 7.91. The van der Waals surface area contributed by atoms with E-state index in [0.717, 1.165) is 0 Å². The van der Waals surface area contributed by atoms with Gasteiger partial charge in [-0.2, -0.15) is 0 Å². The van der Waals surface area contributed by atoms with E-state index in [4.69, 9.17) is 5.73 Å². The van der Waals surface area contributed by atoms with Gasteiger partial charge < -0.3 is 10.3 Å². The topological polar surface area (TPSA) is 82.2 Å². The zero-order chi connectivity index (χ0) is 12.3. The van der Waals surface area contributed by atoms with Crippen molar-refractivity contribution in [2.24, 2.45) is 0 Å². The zero-order valence-electron chi connectivity index (χ0n) is 9.43. The van der Waals surface area contributed by atoms with Crippen molar-refractivity contribution in [3.63, 3.8) is 0 Å². The maximum atomic E-state index is 11.5. The van der Waals surface area contributed by atoms with Gasteiger partial charge in [-0.05, 0) is 12.5 Å². The van der Waals surface area contributed by atoms with E-state index in [9.17, 15) is 13.2 Å². The molecule has 0 aliphatic rings. The lowest BCUT2D eigenvalue weighted by Gasteiger charge is -2.08. The number of anilines is 1. The Morgan fingerprint density at radius 1 is 1.44 bits per heavy atom. The summed E-state index contributed by atoms with van der Waals surface area (Å²) in [5.41, 5.74) is 6.63. The molecule has 0 aromatic carbocycles. The van der Waals surface area contributed by atoms with E-state index >= 15 is 0 Å². The second-order valence-electron chi connectivity index (χ2n) is 3.68. The minimum atomic E-state index is -3.06. The SMILES string of the molecule is CCS(=O)(=O)CCn1cc(N)c(C)cc1=O. The van der Waals surface area contributed by atoms with Gasteiger partial charge in [0, 0.05) is 24.6 Å². The van der Waals surface area contributed by atoms with Crippen LogP contribution in [-0.4, -0.2) is 24.5 Å². The number of nitrogen functional groups attached to an aromatic ring is 1. The molecule has 0 atom stereocenters. The molecule has 0 unspecified atom stereocenters. The largest absolute Gasteiger partial charge is 0.397 e. The van der Waals surface area contributed by atoms with Crippen molar-refractivity contribution in [3.8, 4) is 0 Å². The maximum Gasteiger partial charge on any atom is 0.250 e. The molecule has 1 heterocycles. The van der Waals surface area contributed by atoms with E-state index in [-0.39, 0.29) is 23.6 Å². The maximum absolute atomic E-state index is 11.5. The van der Waals surface area contributed by atoms with Gasteiger partial charge in [0.2, 0.25) is 0 Å². The van der Waals surface area contributed by atoms with Gasteiger partial charge in [0.1, 0.15) is 0 Å². The summed E-state index contributed by atoms with van der Waals surface area (Å²) in [7, 11) is -3.06. The molecule has 5 nitrogen and oxygen atoms in total. The Kier molecular flexibility index (Phi) is 3.74. The van der Waals surface area contributed by atoms with Gasteiger partial charge in [-0.15, -0.1) is 0 Å². The minimum Gasteiger partial charge on any atom is -0.397 e. The lowest BCUT2D eigenvalue weighted by atomic mass is 10.2. The lowest BCUT2D eigenvalue weighted by molar-refractivity contribution is 0.588. The number of nitrogens with zero attached hydrogens (tertiary/aromatic N) is 1. The van der Waals surface area contributed by atoms with E-state index in [1.807, 2.05) is 0 Å². The quantitative estimate of drug-likeness (QED) is 0.818. The minimum absolute atomic E-state index is 0.0358. The molecule has 16 heavy (non-hydrogen) atoms. The molecule has 0 spiro atoms. The predicted molar refractivity (Wildman–Crippen MR) is 64.2 cm³/mol. The molecule has 0 saturated heterocycles. The number of hydrogen-bond donors (Lipinski definition) is 1. The first-order valence-corrected chi connectivity index (χ1v) is 6.85. The highest BCUT2D eigenvalue weighted by Gasteiger charge is 2.08. The fourth-order valence-electron chi connectivity index (χ4n) is 1.24. The van der Waals surface area contributed by atoms with Gasteiger partial charge in [0.05, 0.1) is 11.4 Å². The summed E-state index contributed by atoms with van der Waals surface area (Å²) in [4.78, 5) is 11.5. The number of rotatable bonds is 4. The third kappa shape index (κ3) is 3.10. The molecular weight excluding hydrogens is 228 g/mol. The van der Waals surface area contributed by atoms with Crippen molar-refractivity contribution in [3.05, 3.63) is 28.2 Å². The van der Waals surface area contributed by atoms with Gasteiger partial charge in [-0.1, -0.05) is 6.92 Å². The third-order valence-corrected chi connectivity index (χ3v) is 4.14. The summed E-state index contributed by atoms with van der Waals surface area (Å²) in [6.45, 7) is 3.48. The first-order valence-electron chi connectivity index (χ1n) is 5.02. The van der Waals surface area contributed by atoms with Crippen LogP contribution in [0, 0.1) is 6.92 Å². The van der Waals surface area contributed by atoms with Crippen LogP contribution in [0.15, 0.2) is 17.1 Å². The third-order valence-electron chi connectivity index (χ3n) is 2.46. The molecule has 90 valence electrons. The van der Waals surface area contributed by atoms with Crippen LogP contribution in [0.1, 0.15) is 12.5 Å². The molecule has 0 aliphatic heterocycles. The van der Waals surface area contributed by atoms with Crippen molar-refractivity contribution < 1.29 is 8.42 Å². The smallest absolute Gasteiger partial charge is 0.250 e. The van der Waals surface area contributed by atoms with E-state index in [0.29, 0.717) is 11.3 Å². The Morgan fingerprint density at radius 2 is 2.06 bits per heavy atom. The first-order chi connectivity index (χ1) is 7.35. The van der Waals surface area contributed by atoms with Crippen LogP contribution in [0.25, 0.3) is 0 Å². The number of sulfone groups is 1. The number of aryl methyl sites for hydroxylation is 2. The number of nitrogens with two attached hydrogens (primary N) is 1. The Balaban J connectivity index is 2.91. The van der Waals surface area contributed by atoms with Gasteiger partial charge in [0.15, 0.2) is 9.84 Å². The van der Waals surface area contributed by atoms with Crippen molar-refractivity contribution in [2.75, 3.05) is 17.2 Å². The zero-order valence-corrected chi connectivity index (χ0v) is 10.3. The Hall–Kier alpha value is -1.30. The number of aromatic nitrogens is 1. The molecule has 0 fully saturated rings. The summed E-state index contributed by atoms with van der Waals surface area (Å²) >= 11 is 0. The van der Waals surface area contributed by atoms with Crippen LogP contribution in [-0.2, 0) is 16.4 Å². The molecule has 6 heteroatoms. The Labute approximate surface area is 94.8 Å². The average Bonchev–Trinajstić information content (AvgIpc) is 2.22. The van der Waals surface area contributed by atoms with E-state index in [1.165, 1.54) is 16.8 Å². The fraction of sp³-hybridized carbons (Fsp3) is 0.500. The van der Waals surface area contributed by atoms with Crippen LogP contribution in [0.4, 0.5) is 5.69 Å². The van der Waals surface area contributed by atoms with E-state index in [1.54, 1.807) is 13.8 Å². The average molecular weight is 244 g/mol. The monoisotopic (exact) mass is 244 g/mol. The van der Waals surface area contributed by atoms with Crippen molar-refractivity contribution in [1.82, 2.24) is 4.57 Å². The van der Waals surface area contributed by atoms with Crippen LogP contribution in [0.2, 0.25) is 0 Å². The van der Waals surface area contributed by atoms with Crippen molar-refractivity contribution >= 4 is 15.5 Å². The Morgan fingerprint density at radius 3 is 2.62 bits per heavy atom. The second-order valence-corrected chi connectivity index (χ2v) is 6.15. The molecule has 0 radical (unpaired) electrons. The highest BCUT2D eigenvalue weighted by atomic mass is 32.2. The first kappa shape index (κ1) is 12.8. The molecule has 0 aliphatic carbocycles. The summed E-state index contributed by atoms with van der Waals surface area (Å²) in [6.07, 6.45) is 1.49. The van der Waals surface area contributed by atoms with Gasteiger partial charge in [-0.25, -0.2) is 8.42 Å². The summed E-state index contributed by atoms with van der Waals surface area (Å²) in [5, 5.41) is 0. The summed E-state index contributed by atoms with van der Waals surface area (Å²) in [5.74, 6) is 0.0506. The molecule has 0 bridgehead atoms. The molecule has 0 saturated carbocycles. The normalized spacial score (nSPS) is 11.6. The molecule has 0 amide bonds. The highest BCUT2D eigenvalue weighted by Crippen LogP contribution is 2.05. The van der Waals surface area contributed by atoms with Gasteiger partial charge in [0.25, 0.3) is 5.56 Å². The second kappa shape index (κ2) is 4.69. The number of pyridine rings is 1. The summed E-state index contributed by atoms with van der Waals surface area (Å²) in [6, 6.07) is 1.41. The van der Waals surface area contributed by atoms with Crippen molar-refractivity contribution in [1.29, 1.82) is 0 Å². The van der Waals surface area contributed by atoms with Crippen LogP contribution < -0.4 is 11.3 Å². The summed E-state index contributed by atoms with van der Waals surface area (Å²) < 4.78 is 23.9.